The Morgan fingerprint density at radius 3 is 1.07 bits per heavy atom. The van der Waals surface area contributed by atoms with Crippen molar-refractivity contribution in [2.24, 2.45) is 0 Å². The summed E-state index contributed by atoms with van der Waals surface area (Å²) in [5, 5.41) is 22.3. The van der Waals surface area contributed by atoms with Gasteiger partial charge in [0.15, 0.2) is 0 Å². The third-order valence-corrected chi connectivity index (χ3v) is 1.11. The van der Waals surface area contributed by atoms with Gasteiger partial charge >= 0.3 is 0 Å². The Balaban J connectivity index is -0.000000155. The first-order valence-electron chi connectivity index (χ1n) is 5.52. The number of hydrogen-bond donors (Lipinski definition) is 4. The topological polar surface area (TPSA) is 64.5 Å². The molecule has 0 saturated carbocycles. The molecule has 0 unspecified atom stereocenters. The highest BCUT2D eigenvalue weighted by Gasteiger charge is 1.92. The van der Waals surface area contributed by atoms with E-state index in [9.17, 15) is 0 Å². The monoisotopic (exact) mass is 222 g/mol. The lowest BCUT2D eigenvalue weighted by atomic mass is 10.4. The number of aliphatic hydroxyl groups is 2. The van der Waals surface area contributed by atoms with Crippen LogP contribution in [0.2, 0.25) is 0 Å². The summed E-state index contributed by atoms with van der Waals surface area (Å²) in [5.74, 6) is 0. The van der Waals surface area contributed by atoms with E-state index in [1.807, 2.05) is 14.1 Å². The molecule has 0 rings (SSSR count). The van der Waals surface area contributed by atoms with E-state index >= 15 is 0 Å². The molecule has 0 heterocycles. The van der Waals surface area contributed by atoms with Crippen molar-refractivity contribution in [2.45, 2.75) is 59.4 Å². The zero-order chi connectivity index (χ0) is 12.9. The van der Waals surface area contributed by atoms with Crippen molar-refractivity contribution in [1.29, 1.82) is 0 Å². The van der Waals surface area contributed by atoms with Gasteiger partial charge in [0.05, 0.1) is 6.17 Å². The van der Waals surface area contributed by atoms with Gasteiger partial charge in [0.25, 0.3) is 0 Å². The van der Waals surface area contributed by atoms with Crippen LogP contribution in [0.15, 0.2) is 0 Å². The van der Waals surface area contributed by atoms with Gasteiger partial charge < -0.3 is 20.8 Å². The predicted octanol–water partition coefficient (Wildman–Crippen LogP) is 0.936. The first-order valence-corrected chi connectivity index (χ1v) is 5.52. The summed E-state index contributed by atoms with van der Waals surface area (Å²) in [4.78, 5) is 0. The lowest BCUT2D eigenvalue weighted by Crippen LogP contribution is -2.36. The minimum absolute atomic E-state index is 0.167. The molecule has 0 radical (unpaired) electrons. The fraction of sp³-hybridized carbons (Fsp3) is 1.00. The van der Waals surface area contributed by atoms with Crippen molar-refractivity contribution < 1.29 is 10.2 Å². The summed E-state index contributed by atoms with van der Waals surface area (Å²) in [7, 11) is 3.90. The van der Waals surface area contributed by atoms with Gasteiger partial charge in [0, 0.05) is 12.2 Å². The Labute approximate surface area is 95.1 Å². The van der Waals surface area contributed by atoms with E-state index in [4.69, 9.17) is 10.2 Å². The Morgan fingerprint density at radius 1 is 0.867 bits per heavy atom. The van der Waals surface area contributed by atoms with Crippen LogP contribution >= 0.6 is 0 Å². The van der Waals surface area contributed by atoms with E-state index in [1.165, 1.54) is 0 Å². The highest BCUT2D eigenvalue weighted by Crippen LogP contribution is 1.78. The summed E-state index contributed by atoms with van der Waals surface area (Å²) in [6.07, 6.45) is 1.28. The molecule has 4 heteroatoms. The predicted molar refractivity (Wildman–Crippen MR) is 66.9 cm³/mol. The molecule has 0 aromatic rings. The average Bonchev–Trinajstić information content (AvgIpc) is 2.05. The van der Waals surface area contributed by atoms with Crippen LogP contribution in [-0.4, -0.2) is 42.7 Å². The van der Waals surface area contributed by atoms with Crippen molar-refractivity contribution >= 4 is 0 Å². The van der Waals surface area contributed by atoms with Gasteiger partial charge in [0.2, 0.25) is 0 Å². The molecule has 0 amide bonds. The number of hydrogen-bond acceptors (Lipinski definition) is 4. The third-order valence-electron chi connectivity index (χ3n) is 1.11. The van der Waals surface area contributed by atoms with Crippen LogP contribution in [0, 0.1) is 0 Å². The van der Waals surface area contributed by atoms with Gasteiger partial charge in [-0.1, -0.05) is 6.92 Å². The molecule has 0 fully saturated rings. The van der Waals surface area contributed by atoms with Crippen molar-refractivity contribution in [3.8, 4) is 0 Å². The fourth-order valence-electron chi connectivity index (χ4n) is 0.553. The van der Waals surface area contributed by atoms with Gasteiger partial charge in [-0.2, -0.15) is 0 Å². The molecule has 0 aromatic heterocycles. The lowest BCUT2D eigenvalue weighted by Gasteiger charge is -2.10. The number of nitrogens with one attached hydrogen (secondary N) is 2. The molecule has 0 atom stereocenters. The quantitative estimate of drug-likeness (QED) is 0.537. The van der Waals surface area contributed by atoms with Crippen LogP contribution in [0.25, 0.3) is 0 Å². The molecule has 0 aromatic carbocycles. The second-order valence-corrected chi connectivity index (χ2v) is 3.73. The van der Waals surface area contributed by atoms with Crippen molar-refractivity contribution in [3.63, 3.8) is 0 Å². The average molecular weight is 222 g/mol. The summed E-state index contributed by atoms with van der Waals surface area (Å²) in [6, 6.07) is 0. The second-order valence-electron chi connectivity index (χ2n) is 3.73. The van der Waals surface area contributed by atoms with E-state index in [0.717, 1.165) is 6.42 Å². The summed E-state index contributed by atoms with van der Waals surface area (Å²) in [5.41, 5.74) is 0. The summed E-state index contributed by atoms with van der Waals surface area (Å²) < 4.78 is 0. The van der Waals surface area contributed by atoms with E-state index in [1.54, 1.807) is 27.7 Å². The van der Waals surface area contributed by atoms with Gasteiger partial charge in [-0.3, -0.25) is 0 Å². The van der Waals surface area contributed by atoms with Crippen LogP contribution in [0.3, 0.4) is 0 Å². The van der Waals surface area contributed by atoms with Crippen LogP contribution in [0.1, 0.15) is 41.0 Å². The normalized spacial score (nSPS) is 9.60. The molecule has 0 aliphatic carbocycles. The van der Waals surface area contributed by atoms with E-state index in [-0.39, 0.29) is 12.2 Å². The van der Waals surface area contributed by atoms with Crippen LogP contribution < -0.4 is 10.6 Å². The van der Waals surface area contributed by atoms with Crippen molar-refractivity contribution in [1.82, 2.24) is 10.6 Å². The molecule has 4 N–H and O–H groups in total. The molecule has 0 saturated heterocycles. The largest absolute Gasteiger partial charge is 0.394 e. The summed E-state index contributed by atoms with van der Waals surface area (Å²) in [6.45, 7) is 9.03. The zero-order valence-electron chi connectivity index (χ0n) is 11.3. The van der Waals surface area contributed by atoms with Gasteiger partial charge in [-0.25, -0.2) is 0 Å². The van der Waals surface area contributed by atoms with E-state index in [0.29, 0.717) is 6.17 Å². The first-order chi connectivity index (χ1) is 6.81. The van der Waals surface area contributed by atoms with Gasteiger partial charge in [0.1, 0.15) is 0 Å². The van der Waals surface area contributed by atoms with Crippen molar-refractivity contribution in [2.75, 3.05) is 14.1 Å². The smallest absolute Gasteiger partial charge is 0.0564 e. The number of rotatable bonds is 3. The molecule has 0 bridgehead atoms. The summed E-state index contributed by atoms with van der Waals surface area (Å²) >= 11 is 0. The standard InChI is InChI=1S/C5H14N2.2C3H8O/c1-4-5(6-2)7-3;2*1-3(2)4/h5-7H,4H2,1-3H3;2*3-4H,1-2H3. The zero-order valence-corrected chi connectivity index (χ0v) is 11.3. The molecule has 0 spiro atoms. The highest BCUT2D eigenvalue weighted by atomic mass is 16.3. The van der Waals surface area contributed by atoms with Crippen LogP contribution in [0.5, 0.6) is 0 Å². The molecular formula is C11H30N2O2. The molecule has 0 aliphatic heterocycles. The lowest BCUT2D eigenvalue weighted by molar-refractivity contribution is 0.215. The molecule has 4 nitrogen and oxygen atoms in total. The van der Waals surface area contributed by atoms with Crippen LogP contribution in [0.4, 0.5) is 0 Å². The molecule has 0 aliphatic rings. The SMILES string of the molecule is CC(C)O.CC(C)O.CCC(NC)NC. The highest BCUT2D eigenvalue weighted by molar-refractivity contribution is 4.52. The first kappa shape index (κ1) is 20.3. The minimum atomic E-state index is -0.167. The fourth-order valence-corrected chi connectivity index (χ4v) is 0.553. The van der Waals surface area contributed by atoms with E-state index in [2.05, 4.69) is 17.6 Å². The second kappa shape index (κ2) is 16.3. The molecule has 96 valence electrons. The Hall–Kier alpha value is -0.160. The van der Waals surface area contributed by atoms with Crippen molar-refractivity contribution in [3.05, 3.63) is 0 Å². The van der Waals surface area contributed by atoms with E-state index < -0.39 is 0 Å². The Kier molecular flexibility index (Phi) is 22.0. The minimum Gasteiger partial charge on any atom is -0.394 e. The number of aliphatic hydroxyl groups excluding tert-OH is 2. The Morgan fingerprint density at radius 2 is 1.07 bits per heavy atom. The van der Waals surface area contributed by atoms with Gasteiger partial charge in [-0.15, -0.1) is 0 Å². The third kappa shape index (κ3) is 56.9. The van der Waals surface area contributed by atoms with Gasteiger partial charge in [-0.05, 0) is 48.2 Å². The molecule has 15 heavy (non-hydrogen) atoms. The molecular weight excluding hydrogens is 192 g/mol. The maximum absolute atomic E-state index is 8.06. The maximum atomic E-state index is 8.06. The van der Waals surface area contributed by atoms with Crippen LogP contribution in [-0.2, 0) is 0 Å². The Bertz CT molecular complexity index is 77.6. The maximum Gasteiger partial charge on any atom is 0.0564 e.